The third-order valence-corrected chi connectivity index (χ3v) is 12.6. The van der Waals surface area contributed by atoms with E-state index in [1.54, 1.807) is 0 Å². The van der Waals surface area contributed by atoms with E-state index in [0.29, 0.717) is 0 Å². The molecule has 1 aliphatic carbocycles. The molecule has 11 rings (SSSR count). The highest BCUT2D eigenvalue weighted by Crippen LogP contribution is 2.55. The van der Waals surface area contributed by atoms with E-state index in [-0.39, 0.29) is 5.41 Å². The lowest BCUT2D eigenvalue weighted by Gasteiger charge is -2.28. The molecule has 0 bridgehead atoms. The fraction of sp³-hybridized carbons (Fsp3) is 0.0400. The minimum absolute atomic E-state index is 0.379. The number of anilines is 3. The Bertz CT molecular complexity index is 2980. The van der Waals surface area contributed by atoms with Crippen molar-refractivity contribution in [2.45, 2.75) is 12.3 Å². The van der Waals surface area contributed by atoms with Gasteiger partial charge in [0.25, 0.3) is 0 Å². The molecule has 3 heteroatoms. The van der Waals surface area contributed by atoms with Crippen LogP contribution in [0.4, 0.5) is 17.1 Å². The van der Waals surface area contributed by atoms with Gasteiger partial charge in [-0.3, -0.25) is 0 Å². The molecule has 0 saturated heterocycles. The number of para-hydroxylation sites is 1. The molecular formula is C50H33NOS. The molecule has 8 aromatic carbocycles. The van der Waals surface area contributed by atoms with Crippen LogP contribution in [0.3, 0.4) is 0 Å². The average Bonchev–Trinajstić information content (AvgIpc) is 3.88. The molecule has 2 nitrogen and oxygen atoms in total. The lowest BCUT2D eigenvalue weighted by atomic mass is 9.74. The van der Waals surface area contributed by atoms with Crippen LogP contribution in [0.2, 0.25) is 0 Å². The van der Waals surface area contributed by atoms with E-state index in [9.17, 15) is 0 Å². The van der Waals surface area contributed by atoms with Crippen molar-refractivity contribution in [1.82, 2.24) is 0 Å². The first-order chi connectivity index (χ1) is 26.2. The summed E-state index contributed by atoms with van der Waals surface area (Å²) < 4.78 is 9.59. The standard InChI is InChI=1S/C50H33NOS/c1-50(40-21-8-5-16-35(40)36-17-6-9-22-41(36)50)42-23-11-20-39-47-43(24-13-26-45(47)52-48(39)42)51(34-30-28-33(29-31-34)32-14-3-2-4-15-32)44-25-12-19-38-37-18-7-10-27-46(37)53-49(38)44/h2-31H,1H3. The second-order valence-corrected chi connectivity index (χ2v) is 15.2. The Hall–Kier alpha value is -6.42. The van der Waals surface area contributed by atoms with Crippen LogP contribution in [0.25, 0.3) is 64.4 Å². The normalized spacial score (nSPS) is 13.2. The number of fused-ring (bicyclic) bond motifs is 9. The van der Waals surface area contributed by atoms with Crippen LogP contribution in [0.1, 0.15) is 23.6 Å². The van der Waals surface area contributed by atoms with Crippen molar-refractivity contribution in [1.29, 1.82) is 0 Å². The fourth-order valence-corrected chi connectivity index (χ4v) is 10.1. The van der Waals surface area contributed by atoms with Crippen molar-refractivity contribution < 1.29 is 4.42 Å². The molecule has 0 unspecified atom stereocenters. The van der Waals surface area contributed by atoms with E-state index < -0.39 is 0 Å². The fourth-order valence-electron chi connectivity index (χ4n) is 8.90. The number of nitrogens with zero attached hydrogens (tertiary/aromatic N) is 1. The number of hydrogen-bond donors (Lipinski definition) is 0. The summed E-state index contributed by atoms with van der Waals surface area (Å²) in [5, 5.41) is 4.78. The number of rotatable bonds is 5. The first-order valence-corrected chi connectivity index (χ1v) is 19.0. The van der Waals surface area contributed by atoms with Gasteiger partial charge in [0.1, 0.15) is 11.2 Å². The molecule has 1 aliphatic rings. The maximum atomic E-state index is 7.04. The van der Waals surface area contributed by atoms with Gasteiger partial charge in [0.05, 0.1) is 21.5 Å². The molecule has 250 valence electrons. The third-order valence-electron chi connectivity index (χ3n) is 11.4. The molecule has 2 heterocycles. The van der Waals surface area contributed by atoms with E-state index in [2.05, 4.69) is 194 Å². The third kappa shape index (κ3) is 4.38. The summed E-state index contributed by atoms with van der Waals surface area (Å²) in [6.45, 7) is 2.36. The summed E-state index contributed by atoms with van der Waals surface area (Å²) in [7, 11) is 0. The predicted molar refractivity (Wildman–Crippen MR) is 224 cm³/mol. The molecule has 0 fully saturated rings. The van der Waals surface area contributed by atoms with E-state index in [0.717, 1.165) is 39.0 Å². The Morgan fingerprint density at radius 3 is 1.85 bits per heavy atom. The highest BCUT2D eigenvalue weighted by Gasteiger charge is 2.42. The van der Waals surface area contributed by atoms with Crippen molar-refractivity contribution in [3.8, 4) is 22.3 Å². The molecule has 0 aliphatic heterocycles. The minimum Gasteiger partial charge on any atom is -0.456 e. The topological polar surface area (TPSA) is 16.4 Å². The van der Waals surface area contributed by atoms with Gasteiger partial charge < -0.3 is 9.32 Å². The molecule has 0 atom stereocenters. The predicted octanol–water partition coefficient (Wildman–Crippen LogP) is 14.4. The van der Waals surface area contributed by atoms with Crippen LogP contribution >= 0.6 is 11.3 Å². The maximum absolute atomic E-state index is 7.04. The summed E-state index contributed by atoms with van der Waals surface area (Å²) in [6.07, 6.45) is 0. The smallest absolute Gasteiger partial charge is 0.139 e. The lowest BCUT2D eigenvalue weighted by Crippen LogP contribution is -2.22. The summed E-state index contributed by atoms with van der Waals surface area (Å²) in [4.78, 5) is 2.44. The van der Waals surface area contributed by atoms with Crippen LogP contribution < -0.4 is 4.90 Å². The van der Waals surface area contributed by atoms with Gasteiger partial charge in [-0.25, -0.2) is 0 Å². The maximum Gasteiger partial charge on any atom is 0.139 e. The van der Waals surface area contributed by atoms with E-state index in [1.807, 2.05) is 11.3 Å². The van der Waals surface area contributed by atoms with Crippen molar-refractivity contribution in [2.75, 3.05) is 4.90 Å². The second kappa shape index (κ2) is 11.5. The summed E-state index contributed by atoms with van der Waals surface area (Å²) in [5.41, 5.74) is 13.6. The molecule has 0 amide bonds. The first-order valence-electron chi connectivity index (χ1n) is 18.2. The molecular weight excluding hydrogens is 663 g/mol. The monoisotopic (exact) mass is 695 g/mol. The zero-order valence-corrected chi connectivity index (χ0v) is 29.9. The molecule has 10 aromatic rings. The molecule has 0 N–H and O–H groups in total. The zero-order valence-electron chi connectivity index (χ0n) is 29.1. The van der Waals surface area contributed by atoms with Crippen molar-refractivity contribution >= 4 is 70.5 Å². The van der Waals surface area contributed by atoms with Crippen LogP contribution in [-0.4, -0.2) is 0 Å². The molecule has 0 saturated carbocycles. The molecule has 0 spiro atoms. The van der Waals surface area contributed by atoms with E-state index in [4.69, 9.17) is 4.42 Å². The Labute approximate surface area is 311 Å². The van der Waals surface area contributed by atoms with Gasteiger partial charge in [-0.05, 0) is 76.7 Å². The van der Waals surface area contributed by atoms with Gasteiger partial charge in [-0.1, -0.05) is 146 Å². The van der Waals surface area contributed by atoms with Crippen molar-refractivity contribution in [3.05, 3.63) is 199 Å². The average molecular weight is 696 g/mol. The quantitative estimate of drug-likeness (QED) is 0.178. The second-order valence-electron chi connectivity index (χ2n) is 14.2. The zero-order chi connectivity index (χ0) is 35.1. The van der Waals surface area contributed by atoms with Crippen LogP contribution in [0.5, 0.6) is 0 Å². The van der Waals surface area contributed by atoms with Gasteiger partial charge in [0.15, 0.2) is 0 Å². The molecule has 2 aromatic heterocycles. The Morgan fingerprint density at radius 1 is 0.472 bits per heavy atom. The number of furan rings is 1. The minimum atomic E-state index is -0.379. The summed E-state index contributed by atoms with van der Waals surface area (Å²) in [5.74, 6) is 0. The van der Waals surface area contributed by atoms with Crippen molar-refractivity contribution in [3.63, 3.8) is 0 Å². The highest BCUT2D eigenvalue weighted by atomic mass is 32.1. The van der Waals surface area contributed by atoms with Gasteiger partial charge in [-0.2, -0.15) is 0 Å². The number of hydrogen-bond acceptors (Lipinski definition) is 3. The van der Waals surface area contributed by atoms with Gasteiger partial charge in [0, 0.05) is 37.5 Å². The van der Waals surface area contributed by atoms with Gasteiger partial charge in [-0.15, -0.1) is 11.3 Å². The summed E-state index contributed by atoms with van der Waals surface area (Å²) in [6, 6.07) is 66.0. The molecule has 0 radical (unpaired) electrons. The van der Waals surface area contributed by atoms with Crippen LogP contribution in [0, 0.1) is 0 Å². The van der Waals surface area contributed by atoms with E-state index in [1.165, 1.54) is 59.1 Å². The van der Waals surface area contributed by atoms with Crippen LogP contribution in [-0.2, 0) is 5.41 Å². The summed E-state index contributed by atoms with van der Waals surface area (Å²) >= 11 is 1.86. The SMILES string of the molecule is CC1(c2cccc3c2oc2cccc(N(c4ccc(-c5ccccc5)cc4)c4cccc5c4sc4ccccc45)c23)c2ccccc2-c2ccccc21. The van der Waals surface area contributed by atoms with Crippen molar-refractivity contribution in [2.24, 2.45) is 0 Å². The Kier molecular flexibility index (Phi) is 6.58. The largest absolute Gasteiger partial charge is 0.456 e. The lowest BCUT2D eigenvalue weighted by molar-refractivity contribution is 0.638. The van der Waals surface area contributed by atoms with Gasteiger partial charge >= 0.3 is 0 Å². The first kappa shape index (κ1) is 30.2. The highest BCUT2D eigenvalue weighted by molar-refractivity contribution is 7.26. The van der Waals surface area contributed by atoms with Gasteiger partial charge in [0.2, 0.25) is 0 Å². The number of thiophene rings is 1. The Balaban J connectivity index is 1.18. The van der Waals surface area contributed by atoms with Crippen LogP contribution in [0.15, 0.2) is 186 Å². The van der Waals surface area contributed by atoms with E-state index >= 15 is 0 Å². The number of benzene rings is 8. The Morgan fingerprint density at radius 2 is 1.06 bits per heavy atom. The molecule has 53 heavy (non-hydrogen) atoms.